The van der Waals surface area contributed by atoms with E-state index in [1.807, 2.05) is 24.3 Å². The molecule has 0 spiro atoms. The van der Waals surface area contributed by atoms with Gasteiger partial charge in [0.1, 0.15) is 0 Å². The minimum atomic E-state index is -0.438. The molecule has 1 rings (SSSR count). The lowest BCUT2D eigenvalue weighted by Gasteiger charge is -2.29. The van der Waals surface area contributed by atoms with E-state index < -0.39 is 6.10 Å². The summed E-state index contributed by atoms with van der Waals surface area (Å²) in [5.74, 6) is 0. The molecule has 1 unspecified atom stereocenters. The van der Waals surface area contributed by atoms with Gasteiger partial charge in [-0.2, -0.15) is 0 Å². The molecular weight excluding hydrogens is 278 g/mol. The van der Waals surface area contributed by atoms with Crippen LogP contribution in [0.4, 0.5) is 5.69 Å². The molecule has 17 heavy (non-hydrogen) atoms. The predicted octanol–water partition coefficient (Wildman–Crippen LogP) is 3.90. The largest absolute Gasteiger partial charge is 0.389 e. The third-order valence-electron chi connectivity index (χ3n) is 2.71. The number of anilines is 1. The molecule has 0 aromatic heterocycles. The van der Waals surface area contributed by atoms with Crippen molar-refractivity contribution in [1.29, 1.82) is 0 Å². The van der Waals surface area contributed by atoms with Crippen LogP contribution in [0.1, 0.15) is 32.4 Å². The number of aliphatic hydroxyl groups is 1. The van der Waals surface area contributed by atoms with Crippen molar-refractivity contribution in [2.45, 2.75) is 32.9 Å². The second-order valence-corrected chi connectivity index (χ2v) is 5.28. The van der Waals surface area contributed by atoms with Crippen LogP contribution in [0, 0.1) is 0 Å². The fourth-order valence-corrected chi connectivity index (χ4v) is 2.37. The second-order valence-electron chi connectivity index (χ2n) is 4.42. The zero-order valence-electron chi connectivity index (χ0n) is 10.7. The highest BCUT2D eigenvalue weighted by Gasteiger charge is 2.13. The van der Waals surface area contributed by atoms with Crippen molar-refractivity contribution in [3.63, 3.8) is 0 Å². The smallest absolute Gasteiger partial charge is 0.0762 e. The monoisotopic (exact) mass is 297 g/mol. The highest BCUT2D eigenvalue weighted by atomic mass is 79.9. The molecule has 94 valence electrons. The summed E-state index contributed by atoms with van der Waals surface area (Å²) < 4.78 is 1.01. The van der Waals surface area contributed by atoms with Gasteiger partial charge in [-0.25, -0.2) is 0 Å². The summed E-state index contributed by atoms with van der Waals surface area (Å²) in [4.78, 5) is 2.25. The number of halogens is 1. The molecule has 0 amide bonds. The lowest BCUT2D eigenvalue weighted by molar-refractivity contribution is 0.199. The van der Waals surface area contributed by atoms with Gasteiger partial charge in [-0.1, -0.05) is 12.1 Å². The van der Waals surface area contributed by atoms with Gasteiger partial charge in [-0.15, -0.1) is 6.58 Å². The quantitative estimate of drug-likeness (QED) is 0.833. The van der Waals surface area contributed by atoms with E-state index in [-0.39, 0.29) is 0 Å². The van der Waals surface area contributed by atoms with Gasteiger partial charge in [0, 0.05) is 17.1 Å². The Morgan fingerprint density at radius 1 is 1.41 bits per heavy atom. The average Bonchev–Trinajstić information content (AvgIpc) is 2.26. The minimum Gasteiger partial charge on any atom is -0.389 e. The molecule has 0 saturated heterocycles. The van der Waals surface area contributed by atoms with Crippen molar-refractivity contribution in [2.75, 3.05) is 11.4 Å². The van der Waals surface area contributed by atoms with E-state index >= 15 is 0 Å². The van der Waals surface area contributed by atoms with Crippen LogP contribution in [0.25, 0.3) is 0 Å². The highest BCUT2D eigenvalue weighted by molar-refractivity contribution is 9.10. The number of nitrogens with zero attached hydrogens (tertiary/aromatic N) is 1. The molecule has 1 atom stereocenters. The minimum absolute atomic E-state index is 0.404. The Kier molecular flexibility index (Phi) is 5.22. The number of hydrogen-bond acceptors (Lipinski definition) is 2. The van der Waals surface area contributed by atoms with Gasteiger partial charge in [0.05, 0.1) is 11.8 Å². The summed E-state index contributed by atoms with van der Waals surface area (Å²) in [6, 6.07) is 6.37. The van der Waals surface area contributed by atoms with E-state index in [1.54, 1.807) is 6.92 Å². The number of hydrogen-bond donors (Lipinski definition) is 1. The molecule has 3 heteroatoms. The third kappa shape index (κ3) is 3.58. The van der Waals surface area contributed by atoms with Crippen molar-refractivity contribution in [1.82, 2.24) is 0 Å². The predicted molar refractivity (Wildman–Crippen MR) is 77.5 cm³/mol. The molecule has 0 saturated carbocycles. The molecule has 1 aromatic rings. The Bertz CT molecular complexity index is 388. The number of rotatable bonds is 5. The van der Waals surface area contributed by atoms with Gasteiger partial charge in [0.25, 0.3) is 0 Å². The van der Waals surface area contributed by atoms with E-state index in [0.29, 0.717) is 6.04 Å². The molecule has 1 aromatic carbocycles. The fraction of sp³-hybridized carbons (Fsp3) is 0.429. The molecule has 0 bridgehead atoms. The molecule has 2 nitrogen and oxygen atoms in total. The molecule has 0 aliphatic rings. The highest BCUT2D eigenvalue weighted by Crippen LogP contribution is 2.30. The normalized spacial score (nSPS) is 12.6. The van der Waals surface area contributed by atoms with Crippen LogP contribution in [-0.2, 0) is 0 Å². The maximum atomic E-state index is 9.54. The van der Waals surface area contributed by atoms with Crippen LogP contribution in [0.2, 0.25) is 0 Å². The molecule has 0 aliphatic heterocycles. The fourth-order valence-electron chi connectivity index (χ4n) is 1.74. The van der Waals surface area contributed by atoms with Crippen molar-refractivity contribution in [3.8, 4) is 0 Å². The van der Waals surface area contributed by atoms with E-state index in [1.165, 1.54) is 0 Å². The summed E-state index contributed by atoms with van der Waals surface area (Å²) in [5.41, 5.74) is 2.05. The molecule has 0 heterocycles. The Balaban J connectivity index is 3.08. The first kappa shape index (κ1) is 14.3. The number of aliphatic hydroxyl groups excluding tert-OH is 1. The lowest BCUT2D eigenvalue weighted by atomic mass is 10.1. The molecule has 0 aliphatic carbocycles. The Labute approximate surface area is 112 Å². The average molecular weight is 298 g/mol. The standard InChI is InChI=1S/C14H20BrNO/c1-5-8-16(10(2)3)14-7-6-12(11(4)17)9-13(14)15/h5-7,9-11,17H,1,8H2,2-4H3. The summed E-state index contributed by atoms with van der Waals surface area (Å²) in [6.07, 6.45) is 1.46. The summed E-state index contributed by atoms with van der Waals surface area (Å²) >= 11 is 3.57. The van der Waals surface area contributed by atoms with Crippen molar-refractivity contribution in [3.05, 3.63) is 40.9 Å². The zero-order valence-corrected chi connectivity index (χ0v) is 12.2. The van der Waals surface area contributed by atoms with Gasteiger partial charge >= 0.3 is 0 Å². The van der Waals surface area contributed by atoms with E-state index in [4.69, 9.17) is 0 Å². The van der Waals surface area contributed by atoms with Crippen LogP contribution < -0.4 is 4.90 Å². The van der Waals surface area contributed by atoms with Gasteiger partial charge in [0.15, 0.2) is 0 Å². The first-order chi connectivity index (χ1) is 7.97. The molecule has 0 radical (unpaired) electrons. The van der Waals surface area contributed by atoms with Gasteiger partial charge < -0.3 is 10.0 Å². The summed E-state index contributed by atoms with van der Waals surface area (Å²) in [5, 5.41) is 9.54. The zero-order chi connectivity index (χ0) is 13.0. The summed E-state index contributed by atoms with van der Waals surface area (Å²) in [7, 11) is 0. The second kappa shape index (κ2) is 6.22. The molecule has 0 fully saturated rings. The van der Waals surface area contributed by atoms with Crippen LogP contribution in [0.3, 0.4) is 0 Å². The lowest BCUT2D eigenvalue weighted by Crippen LogP contribution is -2.31. The SMILES string of the molecule is C=CCN(c1ccc(C(C)O)cc1Br)C(C)C. The van der Waals surface area contributed by atoms with Crippen molar-refractivity contribution >= 4 is 21.6 Å². The third-order valence-corrected chi connectivity index (χ3v) is 3.35. The van der Waals surface area contributed by atoms with Crippen molar-refractivity contribution < 1.29 is 5.11 Å². The first-order valence-electron chi connectivity index (χ1n) is 5.82. The van der Waals surface area contributed by atoms with Gasteiger partial charge in [-0.05, 0) is 54.4 Å². The van der Waals surface area contributed by atoms with E-state index in [9.17, 15) is 5.11 Å². The van der Waals surface area contributed by atoms with E-state index in [2.05, 4.69) is 41.3 Å². The Morgan fingerprint density at radius 2 is 2.06 bits per heavy atom. The first-order valence-corrected chi connectivity index (χ1v) is 6.61. The van der Waals surface area contributed by atoms with Gasteiger partial charge in [0.2, 0.25) is 0 Å². The van der Waals surface area contributed by atoms with Crippen LogP contribution in [0.15, 0.2) is 35.3 Å². The summed E-state index contributed by atoms with van der Waals surface area (Å²) in [6.45, 7) is 10.7. The van der Waals surface area contributed by atoms with Crippen molar-refractivity contribution in [2.24, 2.45) is 0 Å². The molecule has 1 N–H and O–H groups in total. The Hall–Kier alpha value is -0.800. The maximum Gasteiger partial charge on any atom is 0.0762 e. The molecular formula is C14H20BrNO. The Morgan fingerprint density at radius 3 is 2.47 bits per heavy atom. The maximum absolute atomic E-state index is 9.54. The number of benzene rings is 1. The topological polar surface area (TPSA) is 23.5 Å². The van der Waals surface area contributed by atoms with Crippen LogP contribution in [-0.4, -0.2) is 17.7 Å². The van der Waals surface area contributed by atoms with Crippen LogP contribution >= 0.6 is 15.9 Å². The van der Waals surface area contributed by atoms with E-state index in [0.717, 1.165) is 22.3 Å². The van der Waals surface area contributed by atoms with Crippen LogP contribution in [0.5, 0.6) is 0 Å². The van der Waals surface area contributed by atoms with Gasteiger partial charge in [-0.3, -0.25) is 0 Å².